The van der Waals surface area contributed by atoms with Crippen LogP contribution in [0.2, 0.25) is 0 Å². The van der Waals surface area contributed by atoms with Crippen molar-refractivity contribution in [2.75, 3.05) is 39.8 Å². The first kappa shape index (κ1) is 22.8. The van der Waals surface area contributed by atoms with Crippen molar-refractivity contribution in [2.45, 2.75) is 45.6 Å². The van der Waals surface area contributed by atoms with Crippen LogP contribution in [-0.4, -0.2) is 62.4 Å². The summed E-state index contributed by atoms with van der Waals surface area (Å²) in [6, 6.07) is 9.82. The number of ether oxygens (including phenoxy) is 2. The molecular weight excluding hydrogens is 368 g/mol. The number of piperidine rings is 1. The molecule has 7 heteroatoms. The Balaban J connectivity index is 1.64. The normalized spacial score (nSPS) is 17.6. The van der Waals surface area contributed by atoms with E-state index >= 15 is 0 Å². The predicted molar refractivity (Wildman–Crippen MR) is 116 cm³/mol. The molecule has 1 unspecified atom stereocenters. The number of benzene rings is 1. The van der Waals surface area contributed by atoms with Gasteiger partial charge >= 0.3 is 6.09 Å². The average molecular weight is 405 g/mol. The van der Waals surface area contributed by atoms with Gasteiger partial charge in [-0.1, -0.05) is 18.2 Å². The molecule has 1 aromatic rings. The average Bonchev–Trinajstić information content (AvgIpc) is 2.70. The summed E-state index contributed by atoms with van der Waals surface area (Å²) < 4.78 is 11.2. The van der Waals surface area contributed by atoms with E-state index < -0.39 is 5.60 Å². The summed E-state index contributed by atoms with van der Waals surface area (Å²) in [5.74, 6) is 2.05. The van der Waals surface area contributed by atoms with Crippen LogP contribution in [0.15, 0.2) is 35.3 Å². The zero-order valence-corrected chi connectivity index (χ0v) is 18.2. The van der Waals surface area contributed by atoms with E-state index in [1.807, 2.05) is 56.0 Å². The smallest absolute Gasteiger partial charge is 0.410 e. The van der Waals surface area contributed by atoms with Gasteiger partial charge in [0.15, 0.2) is 5.96 Å². The first-order chi connectivity index (χ1) is 13.9. The van der Waals surface area contributed by atoms with Crippen molar-refractivity contribution in [3.05, 3.63) is 30.3 Å². The summed E-state index contributed by atoms with van der Waals surface area (Å²) in [5.41, 5.74) is -0.460. The van der Waals surface area contributed by atoms with Crippen molar-refractivity contribution in [1.29, 1.82) is 0 Å². The molecule has 0 aromatic heterocycles. The van der Waals surface area contributed by atoms with Crippen LogP contribution in [0.4, 0.5) is 4.79 Å². The molecule has 1 aliphatic heterocycles. The maximum Gasteiger partial charge on any atom is 0.410 e. The molecule has 0 radical (unpaired) electrons. The maximum absolute atomic E-state index is 12.3. The van der Waals surface area contributed by atoms with E-state index in [4.69, 9.17) is 9.47 Å². The molecule has 0 aliphatic carbocycles. The second-order valence-electron chi connectivity index (χ2n) is 8.33. The molecule has 7 nitrogen and oxygen atoms in total. The molecule has 29 heavy (non-hydrogen) atoms. The number of aliphatic imine (C=N–C) groups is 1. The van der Waals surface area contributed by atoms with E-state index in [1.54, 1.807) is 7.05 Å². The molecule has 0 spiro atoms. The van der Waals surface area contributed by atoms with Gasteiger partial charge in [-0.05, 0) is 58.1 Å². The van der Waals surface area contributed by atoms with Crippen LogP contribution in [0, 0.1) is 5.92 Å². The minimum absolute atomic E-state index is 0.219. The van der Waals surface area contributed by atoms with E-state index in [2.05, 4.69) is 15.6 Å². The van der Waals surface area contributed by atoms with Gasteiger partial charge in [0.05, 0.1) is 6.61 Å². The molecule has 0 bridgehead atoms. The van der Waals surface area contributed by atoms with E-state index in [1.165, 1.54) is 0 Å². The number of rotatable bonds is 7. The van der Waals surface area contributed by atoms with Gasteiger partial charge in [-0.2, -0.15) is 0 Å². The predicted octanol–water partition coefficient (Wildman–Crippen LogP) is 3.27. The van der Waals surface area contributed by atoms with Gasteiger partial charge in [0.2, 0.25) is 0 Å². The third kappa shape index (κ3) is 9.07. The standard InChI is InChI=1S/C22H36N4O3/c1-22(2,3)29-21(27)26-14-8-10-18(17-26)16-25-20(23-4)24-13-9-15-28-19-11-6-5-7-12-19/h5-7,11-12,18H,8-10,13-17H2,1-4H3,(H2,23,24,25). The highest BCUT2D eigenvalue weighted by atomic mass is 16.6. The molecule has 1 saturated heterocycles. The zero-order valence-electron chi connectivity index (χ0n) is 18.2. The van der Waals surface area contributed by atoms with E-state index in [0.29, 0.717) is 19.1 Å². The molecule has 2 rings (SSSR count). The third-order valence-corrected chi connectivity index (χ3v) is 4.58. The molecule has 1 amide bonds. The highest BCUT2D eigenvalue weighted by molar-refractivity contribution is 5.79. The lowest BCUT2D eigenvalue weighted by atomic mass is 9.98. The number of hydrogen-bond donors (Lipinski definition) is 2. The lowest BCUT2D eigenvalue weighted by Gasteiger charge is -2.34. The number of carbonyl (C=O) groups is 1. The van der Waals surface area contributed by atoms with Gasteiger partial charge in [-0.25, -0.2) is 4.79 Å². The highest BCUT2D eigenvalue weighted by Gasteiger charge is 2.27. The van der Waals surface area contributed by atoms with Crippen LogP contribution in [-0.2, 0) is 4.74 Å². The van der Waals surface area contributed by atoms with Crippen molar-refractivity contribution < 1.29 is 14.3 Å². The van der Waals surface area contributed by atoms with Gasteiger partial charge in [-0.3, -0.25) is 4.99 Å². The molecule has 162 valence electrons. The van der Waals surface area contributed by atoms with Crippen molar-refractivity contribution in [2.24, 2.45) is 10.9 Å². The summed E-state index contributed by atoms with van der Waals surface area (Å²) in [4.78, 5) is 18.4. The number of nitrogens with one attached hydrogen (secondary N) is 2. The second kappa shape index (κ2) is 11.5. The summed E-state index contributed by atoms with van der Waals surface area (Å²) in [6.07, 6.45) is 2.75. The van der Waals surface area contributed by atoms with Crippen molar-refractivity contribution in [3.8, 4) is 5.75 Å². The summed E-state index contributed by atoms with van der Waals surface area (Å²) in [6.45, 7) is 9.38. The van der Waals surface area contributed by atoms with Crippen molar-refractivity contribution in [1.82, 2.24) is 15.5 Å². The Labute approximate surface area is 174 Å². The van der Waals surface area contributed by atoms with Gasteiger partial charge in [0.25, 0.3) is 0 Å². The third-order valence-electron chi connectivity index (χ3n) is 4.58. The Morgan fingerprint density at radius 1 is 1.24 bits per heavy atom. The monoisotopic (exact) mass is 404 g/mol. The van der Waals surface area contributed by atoms with Crippen molar-refractivity contribution >= 4 is 12.1 Å². The Morgan fingerprint density at radius 2 is 2.00 bits per heavy atom. The molecule has 1 heterocycles. The van der Waals surface area contributed by atoms with Crippen LogP contribution in [0.25, 0.3) is 0 Å². The number of amides is 1. The second-order valence-corrected chi connectivity index (χ2v) is 8.33. The van der Waals surface area contributed by atoms with Gasteiger partial charge in [0, 0.05) is 33.2 Å². The maximum atomic E-state index is 12.3. The Bertz CT molecular complexity index is 643. The number of likely N-dealkylation sites (tertiary alicyclic amines) is 1. The Kier molecular flexibility index (Phi) is 9.09. The zero-order chi connectivity index (χ0) is 21.1. The summed E-state index contributed by atoms with van der Waals surface area (Å²) in [7, 11) is 1.77. The van der Waals surface area contributed by atoms with Gasteiger partial charge in [-0.15, -0.1) is 0 Å². The van der Waals surface area contributed by atoms with E-state index in [9.17, 15) is 4.79 Å². The fourth-order valence-corrected chi connectivity index (χ4v) is 3.17. The quantitative estimate of drug-likeness (QED) is 0.414. The number of guanidine groups is 1. The number of carbonyl (C=O) groups excluding carboxylic acids is 1. The lowest BCUT2D eigenvalue weighted by Crippen LogP contribution is -2.47. The van der Waals surface area contributed by atoms with E-state index in [0.717, 1.165) is 50.6 Å². The minimum atomic E-state index is -0.460. The van der Waals surface area contributed by atoms with Crippen LogP contribution in [0.5, 0.6) is 5.75 Å². The lowest BCUT2D eigenvalue weighted by molar-refractivity contribution is 0.0168. The fourth-order valence-electron chi connectivity index (χ4n) is 3.17. The minimum Gasteiger partial charge on any atom is -0.494 e. The summed E-state index contributed by atoms with van der Waals surface area (Å²) in [5, 5.41) is 6.69. The molecule has 2 N–H and O–H groups in total. The first-order valence-electron chi connectivity index (χ1n) is 10.5. The van der Waals surface area contributed by atoms with Crippen LogP contribution in [0.3, 0.4) is 0 Å². The SMILES string of the molecule is CN=C(NCCCOc1ccccc1)NCC1CCCN(C(=O)OC(C)(C)C)C1. The Hall–Kier alpha value is -2.44. The van der Waals surface area contributed by atoms with Gasteiger partial charge < -0.3 is 25.0 Å². The highest BCUT2D eigenvalue weighted by Crippen LogP contribution is 2.18. The number of hydrogen-bond acceptors (Lipinski definition) is 4. The number of para-hydroxylation sites is 1. The molecule has 1 aliphatic rings. The van der Waals surface area contributed by atoms with Crippen molar-refractivity contribution in [3.63, 3.8) is 0 Å². The molecule has 1 atom stereocenters. The molecule has 0 saturated carbocycles. The molecule has 1 fully saturated rings. The van der Waals surface area contributed by atoms with E-state index in [-0.39, 0.29) is 6.09 Å². The van der Waals surface area contributed by atoms with Crippen LogP contribution < -0.4 is 15.4 Å². The van der Waals surface area contributed by atoms with Crippen LogP contribution >= 0.6 is 0 Å². The molecule has 1 aromatic carbocycles. The topological polar surface area (TPSA) is 75.2 Å². The first-order valence-corrected chi connectivity index (χ1v) is 10.5. The number of nitrogens with zero attached hydrogens (tertiary/aromatic N) is 2. The largest absolute Gasteiger partial charge is 0.494 e. The molecular formula is C22H36N4O3. The summed E-state index contributed by atoms with van der Waals surface area (Å²) >= 11 is 0. The Morgan fingerprint density at radius 3 is 2.69 bits per heavy atom. The van der Waals surface area contributed by atoms with Gasteiger partial charge in [0.1, 0.15) is 11.4 Å². The fraction of sp³-hybridized carbons (Fsp3) is 0.636. The van der Waals surface area contributed by atoms with Crippen LogP contribution in [0.1, 0.15) is 40.0 Å².